The molecule has 214 valence electrons. The second-order valence-electron chi connectivity index (χ2n) is 10.6. The number of fused-ring (bicyclic) bond motifs is 1. The molecule has 1 N–H and O–H groups in total. The molecule has 6 rings (SSSR count). The highest BCUT2D eigenvalue weighted by Crippen LogP contribution is 2.32. The quantitative estimate of drug-likeness (QED) is 0.231. The number of hydrogen-bond acceptors (Lipinski definition) is 7. The molecule has 0 saturated heterocycles. The van der Waals surface area contributed by atoms with Crippen LogP contribution in [0.3, 0.4) is 0 Å². The number of benzene rings is 3. The van der Waals surface area contributed by atoms with Crippen molar-refractivity contribution in [2.75, 3.05) is 19.5 Å². The van der Waals surface area contributed by atoms with Crippen molar-refractivity contribution in [2.45, 2.75) is 38.9 Å². The van der Waals surface area contributed by atoms with Gasteiger partial charge in [0.2, 0.25) is 0 Å². The SMILES string of the molecule is COc1ccc(CNc2ncnc3ccc(-c4cccc(CN(C(=O)c5cc(C)nn5C)C5CC5)c4)cc23)c(OC)c1. The Morgan fingerprint density at radius 2 is 1.83 bits per heavy atom. The van der Waals surface area contributed by atoms with Crippen molar-refractivity contribution in [1.82, 2.24) is 24.6 Å². The zero-order valence-corrected chi connectivity index (χ0v) is 24.3. The van der Waals surface area contributed by atoms with Crippen molar-refractivity contribution in [2.24, 2.45) is 7.05 Å². The second kappa shape index (κ2) is 11.5. The summed E-state index contributed by atoms with van der Waals surface area (Å²) in [6.07, 6.45) is 3.64. The predicted octanol–water partition coefficient (Wildman–Crippen LogP) is 5.77. The van der Waals surface area contributed by atoms with Crippen molar-refractivity contribution < 1.29 is 14.3 Å². The van der Waals surface area contributed by atoms with Crippen LogP contribution in [0.15, 0.2) is 73.1 Å². The number of ether oxygens (including phenoxy) is 2. The van der Waals surface area contributed by atoms with Crippen molar-refractivity contribution >= 4 is 22.6 Å². The van der Waals surface area contributed by atoms with Crippen LogP contribution in [0.4, 0.5) is 5.82 Å². The Labute approximate surface area is 245 Å². The van der Waals surface area contributed by atoms with Crippen LogP contribution < -0.4 is 14.8 Å². The van der Waals surface area contributed by atoms with E-state index in [0.717, 1.165) is 69.0 Å². The number of methoxy groups -OCH3 is 2. The minimum absolute atomic E-state index is 0.0260. The molecule has 1 aliphatic rings. The largest absolute Gasteiger partial charge is 0.497 e. The summed E-state index contributed by atoms with van der Waals surface area (Å²) in [6, 6.07) is 22.5. The van der Waals surface area contributed by atoms with Gasteiger partial charge in [0, 0.05) is 43.2 Å². The highest BCUT2D eigenvalue weighted by molar-refractivity contribution is 5.94. The minimum Gasteiger partial charge on any atom is -0.497 e. The molecule has 2 heterocycles. The fourth-order valence-corrected chi connectivity index (χ4v) is 5.31. The number of amides is 1. The normalized spacial score (nSPS) is 12.8. The van der Waals surface area contributed by atoms with Crippen molar-refractivity contribution in [3.63, 3.8) is 0 Å². The molecule has 0 aliphatic heterocycles. The molecule has 9 nitrogen and oxygen atoms in total. The summed E-state index contributed by atoms with van der Waals surface area (Å²) in [7, 11) is 5.11. The summed E-state index contributed by atoms with van der Waals surface area (Å²) in [4.78, 5) is 24.5. The van der Waals surface area contributed by atoms with Crippen molar-refractivity contribution in [3.8, 4) is 22.6 Å². The lowest BCUT2D eigenvalue weighted by Gasteiger charge is -2.23. The number of nitrogens with zero attached hydrogens (tertiary/aromatic N) is 5. The van der Waals surface area contributed by atoms with E-state index in [4.69, 9.17) is 9.47 Å². The van der Waals surface area contributed by atoms with Gasteiger partial charge in [-0.25, -0.2) is 9.97 Å². The summed E-state index contributed by atoms with van der Waals surface area (Å²) < 4.78 is 12.6. The number of nitrogens with one attached hydrogen (secondary N) is 1. The Hall–Kier alpha value is -4.92. The number of rotatable bonds is 10. The number of aromatic nitrogens is 4. The van der Waals surface area contributed by atoms with Crippen LogP contribution in [0.1, 0.15) is 40.2 Å². The van der Waals surface area contributed by atoms with Crippen molar-refractivity contribution in [1.29, 1.82) is 0 Å². The molecule has 1 fully saturated rings. The monoisotopic (exact) mass is 562 g/mol. The first-order valence-electron chi connectivity index (χ1n) is 14.0. The number of aryl methyl sites for hydroxylation is 2. The van der Waals surface area contributed by atoms with E-state index in [1.807, 2.05) is 49.2 Å². The zero-order valence-electron chi connectivity index (χ0n) is 24.3. The van der Waals surface area contributed by atoms with Gasteiger partial charge in [0.1, 0.15) is 29.3 Å². The maximum absolute atomic E-state index is 13.5. The molecule has 5 aromatic rings. The fourth-order valence-electron chi connectivity index (χ4n) is 5.31. The molecule has 1 aliphatic carbocycles. The molecule has 3 aromatic carbocycles. The third-order valence-electron chi connectivity index (χ3n) is 7.66. The standard InChI is InChI=1S/C33H34N6O3/c1-21-14-30(38(2)37-21)33(40)39(26-10-11-26)19-22-6-5-7-23(15-22)24-9-13-29-28(16-24)32(36-20-35-29)34-18-25-8-12-27(41-3)17-31(25)42-4/h5-9,12-17,20,26H,10-11,18-19H2,1-4H3,(H,34,35,36). The van der Waals surface area contributed by atoms with Gasteiger partial charge in [-0.05, 0) is 72.9 Å². The third kappa shape index (κ3) is 5.63. The summed E-state index contributed by atoms with van der Waals surface area (Å²) in [6.45, 7) is 2.99. The first-order valence-corrected chi connectivity index (χ1v) is 14.0. The predicted molar refractivity (Wildman–Crippen MR) is 163 cm³/mol. The Morgan fingerprint density at radius 1 is 1.00 bits per heavy atom. The molecule has 2 aromatic heterocycles. The zero-order chi connectivity index (χ0) is 29.2. The molecule has 0 spiro atoms. The molecular formula is C33H34N6O3. The number of carbonyl (C=O) groups excluding carboxylic acids is 1. The average molecular weight is 563 g/mol. The molecule has 0 bridgehead atoms. The van der Waals surface area contributed by atoms with E-state index in [-0.39, 0.29) is 11.9 Å². The van der Waals surface area contributed by atoms with E-state index in [0.29, 0.717) is 18.8 Å². The number of anilines is 1. The highest BCUT2D eigenvalue weighted by atomic mass is 16.5. The fraction of sp³-hybridized carbons (Fsp3) is 0.273. The molecule has 1 amide bonds. The molecule has 0 unspecified atom stereocenters. The van der Waals surface area contributed by atoms with Gasteiger partial charge in [0.25, 0.3) is 5.91 Å². The molecule has 0 radical (unpaired) electrons. The summed E-state index contributed by atoms with van der Waals surface area (Å²) in [5.74, 6) is 2.26. The van der Waals surface area contributed by atoms with E-state index in [2.05, 4.69) is 56.8 Å². The van der Waals surface area contributed by atoms with Gasteiger partial charge >= 0.3 is 0 Å². The lowest BCUT2D eigenvalue weighted by atomic mass is 10.0. The Kier molecular flexibility index (Phi) is 7.48. The average Bonchev–Trinajstić information content (AvgIpc) is 3.80. The Morgan fingerprint density at radius 3 is 2.57 bits per heavy atom. The first kappa shape index (κ1) is 27.3. The van der Waals surface area contributed by atoms with E-state index in [9.17, 15) is 4.79 Å². The van der Waals surface area contributed by atoms with Crippen LogP contribution in [0, 0.1) is 6.92 Å². The molecule has 42 heavy (non-hydrogen) atoms. The summed E-state index contributed by atoms with van der Waals surface area (Å²) in [5.41, 5.74) is 6.52. The molecule has 9 heteroatoms. The van der Waals surface area contributed by atoms with Crippen LogP contribution in [-0.4, -0.2) is 50.8 Å². The van der Waals surface area contributed by atoms with E-state index < -0.39 is 0 Å². The highest BCUT2D eigenvalue weighted by Gasteiger charge is 2.34. The van der Waals surface area contributed by atoms with Crippen LogP contribution >= 0.6 is 0 Å². The summed E-state index contributed by atoms with van der Waals surface area (Å²) >= 11 is 0. The molecule has 0 atom stereocenters. The number of carbonyl (C=O) groups is 1. The lowest BCUT2D eigenvalue weighted by molar-refractivity contribution is 0.0718. The number of hydrogen-bond donors (Lipinski definition) is 1. The van der Waals surface area contributed by atoms with Gasteiger partial charge in [0.15, 0.2) is 0 Å². The van der Waals surface area contributed by atoms with Crippen LogP contribution in [0.5, 0.6) is 11.5 Å². The van der Waals surface area contributed by atoms with Gasteiger partial charge in [-0.15, -0.1) is 0 Å². The first-order chi connectivity index (χ1) is 20.4. The Bertz CT molecular complexity index is 1760. The second-order valence-corrected chi connectivity index (χ2v) is 10.6. The van der Waals surface area contributed by atoms with Gasteiger partial charge in [-0.2, -0.15) is 5.10 Å². The maximum Gasteiger partial charge on any atom is 0.272 e. The molecule has 1 saturated carbocycles. The van der Waals surface area contributed by atoms with Gasteiger partial charge in [0.05, 0.1) is 25.4 Å². The minimum atomic E-state index is 0.0260. The van der Waals surface area contributed by atoms with Crippen LogP contribution in [0.25, 0.3) is 22.0 Å². The summed E-state index contributed by atoms with van der Waals surface area (Å²) in [5, 5.41) is 8.76. The third-order valence-corrected chi connectivity index (χ3v) is 7.66. The van der Waals surface area contributed by atoms with Crippen molar-refractivity contribution in [3.05, 3.63) is 95.6 Å². The lowest BCUT2D eigenvalue weighted by Crippen LogP contribution is -2.33. The Balaban J connectivity index is 1.25. The topological polar surface area (TPSA) is 94.4 Å². The van der Waals surface area contributed by atoms with Crippen LogP contribution in [-0.2, 0) is 20.1 Å². The van der Waals surface area contributed by atoms with Gasteiger partial charge in [-0.1, -0.05) is 24.3 Å². The van der Waals surface area contributed by atoms with E-state index >= 15 is 0 Å². The van der Waals surface area contributed by atoms with Crippen LogP contribution in [0.2, 0.25) is 0 Å². The maximum atomic E-state index is 13.5. The van der Waals surface area contributed by atoms with Gasteiger partial charge in [-0.3, -0.25) is 9.48 Å². The van der Waals surface area contributed by atoms with Gasteiger partial charge < -0.3 is 19.7 Å². The van der Waals surface area contributed by atoms with E-state index in [1.165, 1.54) is 0 Å². The van der Waals surface area contributed by atoms with E-state index in [1.54, 1.807) is 25.2 Å². The molecular weight excluding hydrogens is 528 g/mol. The smallest absolute Gasteiger partial charge is 0.272 e.